The standard InChI is InChI=1S/C16H16N2O4S/c1-12-5-8-14(9-6-12)18(23(21)22)15-4-2-3-13(11-15)7-10-16(19)17-20/h2-11,20H,1H3,(H,17,19)(H,21,22)/p-1. The third-order valence-corrected chi connectivity index (χ3v) is 3.78. The van der Waals surface area contributed by atoms with Crippen molar-refractivity contribution in [3.8, 4) is 0 Å². The Labute approximate surface area is 136 Å². The van der Waals surface area contributed by atoms with Gasteiger partial charge in [-0.2, -0.15) is 0 Å². The summed E-state index contributed by atoms with van der Waals surface area (Å²) in [5.74, 6) is -0.668. The molecule has 0 saturated heterocycles. The van der Waals surface area contributed by atoms with Gasteiger partial charge in [-0.05, 0) is 42.8 Å². The number of anilines is 2. The van der Waals surface area contributed by atoms with Gasteiger partial charge in [-0.3, -0.25) is 18.5 Å². The maximum atomic E-state index is 11.6. The number of carbonyl (C=O) groups excluding carboxylic acids is 1. The lowest BCUT2D eigenvalue weighted by Gasteiger charge is -2.26. The molecule has 0 bridgehead atoms. The third-order valence-electron chi connectivity index (χ3n) is 3.06. The van der Waals surface area contributed by atoms with Crippen molar-refractivity contribution < 1.29 is 18.8 Å². The molecule has 23 heavy (non-hydrogen) atoms. The van der Waals surface area contributed by atoms with E-state index in [1.165, 1.54) is 11.6 Å². The molecule has 0 heterocycles. The molecule has 2 N–H and O–H groups in total. The molecule has 0 spiro atoms. The lowest BCUT2D eigenvalue weighted by atomic mass is 10.1. The largest absolute Gasteiger partial charge is 0.755 e. The molecule has 1 amide bonds. The predicted octanol–water partition coefficient (Wildman–Crippen LogP) is 2.45. The van der Waals surface area contributed by atoms with Crippen molar-refractivity contribution in [3.05, 3.63) is 65.7 Å². The van der Waals surface area contributed by atoms with Gasteiger partial charge in [-0.1, -0.05) is 29.8 Å². The fraction of sp³-hybridized carbons (Fsp3) is 0.0625. The smallest absolute Gasteiger partial charge is 0.267 e. The molecule has 2 aromatic rings. The molecule has 0 radical (unpaired) electrons. The first kappa shape index (κ1) is 16.9. The van der Waals surface area contributed by atoms with Crippen LogP contribution >= 0.6 is 0 Å². The van der Waals surface area contributed by atoms with Crippen LogP contribution in [0.4, 0.5) is 11.4 Å². The fourth-order valence-corrected chi connectivity index (χ4v) is 2.54. The predicted molar refractivity (Wildman–Crippen MR) is 87.6 cm³/mol. The van der Waals surface area contributed by atoms with Gasteiger partial charge in [0.2, 0.25) is 0 Å². The fourth-order valence-electron chi connectivity index (χ4n) is 1.97. The minimum absolute atomic E-state index is 0.439. The number of rotatable bonds is 5. The average molecular weight is 331 g/mol. The number of nitrogens with one attached hydrogen (secondary N) is 1. The Bertz CT molecular complexity index is 744. The normalized spacial score (nSPS) is 12.1. The third kappa shape index (κ3) is 4.49. The molecule has 1 unspecified atom stereocenters. The lowest BCUT2D eigenvalue weighted by molar-refractivity contribution is -0.124. The maximum absolute atomic E-state index is 11.6. The summed E-state index contributed by atoms with van der Waals surface area (Å²) in [6.45, 7) is 1.92. The van der Waals surface area contributed by atoms with Crippen molar-refractivity contribution in [3.63, 3.8) is 0 Å². The van der Waals surface area contributed by atoms with Crippen molar-refractivity contribution >= 4 is 34.6 Å². The van der Waals surface area contributed by atoms with Crippen LogP contribution in [0.2, 0.25) is 0 Å². The van der Waals surface area contributed by atoms with Crippen LogP contribution in [0, 0.1) is 6.92 Å². The van der Waals surface area contributed by atoms with Gasteiger partial charge in [0.05, 0.1) is 22.6 Å². The number of hydrogen-bond acceptors (Lipinski definition) is 4. The maximum Gasteiger partial charge on any atom is 0.267 e. The highest BCUT2D eigenvalue weighted by Gasteiger charge is 2.10. The van der Waals surface area contributed by atoms with E-state index in [4.69, 9.17) is 5.21 Å². The second-order valence-electron chi connectivity index (χ2n) is 4.75. The minimum Gasteiger partial charge on any atom is -0.755 e. The van der Waals surface area contributed by atoms with E-state index in [0.29, 0.717) is 16.9 Å². The van der Waals surface area contributed by atoms with E-state index >= 15 is 0 Å². The number of hydrogen-bond donors (Lipinski definition) is 2. The zero-order valence-corrected chi connectivity index (χ0v) is 13.1. The Hall–Kier alpha value is -2.48. The highest BCUT2D eigenvalue weighted by atomic mass is 32.2. The topological polar surface area (TPSA) is 92.7 Å². The van der Waals surface area contributed by atoms with Crippen LogP contribution in [0.1, 0.15) is 11.1 Å². The first-order chi connectivity index (χ1) is 11.0. The molecule has 1 atom stereocenters. The van der Waals surface area contributed by atoms with E-state index in [1.54, 1.807) is 36.4 Å². The molecule has 0 aliphatic heterocycles. The van der Waals surface area contributed by atoms with E-state index in [9.17, 15) is 13.6 Å². The van der Waals surface area contributed by atoms with Crippen molar-refractivity contribution in [1.82, 2.24) is 5.48 Å². The van der Waals surface area contributed by atoms with Gasteiger partial charge in [0.15, 0.2) is 0 Å². The number of carbonyl (C=O) groups is 1. The summed E-state index contributed by atoms with van der Waals surface area (Å²) in [5, 5.41) is 8.46. The van der Waals surface area contributed by atoms with E-state index in [-0.39, 0.29) is 0 Å². The molecule has 6 nitrogen and oxygen atoms in total. The van der Waals surface area contributed by atoms with E-state index in [1.807, 2.05) is 19.1 Å². The summed E-state index contributed by atoms with van der Waals surface area (Å²) in [6.07, 6.45) is 2.61. The van der Waals surface area contributed by atoms with Crippen LogP contribution in [-0.4, -0.2) is 19.9 Å². The van der Waals surface area contributed by atoms with Crippen molar-refractivity contribution in [2.24, 2.45) is 0 Å². The van der Waals surface area contributed by atoms with Gasteiger partial charge in [0.25, 0.3) is 5.91 Å². The Morgan fingerprint density at radius 3 is 2.52 bits per heavy atom. The molecular weight excluding hydrogens is 316 g/mol. The zero-order valence-electron chi connectivity index (χ0n) is 12.3. The minimum atomic E-state index is -2.49. The highest BCUT2D eigenvalue weighted by molar-refractivity contribution is 7.81. The second-order valence-corrected chi connectivity index (χ2v) is 5.55. The van der Waals surface area contributed by atoms with E-state index in [2.05, 4.69) is 0 Å². The van der Waals surface area contributed by atoms with Gasteiger partial charge >= 0.3 is 0 Å². The molecule has 7 heteroatoms. The molecule has 2 aromatic carbocycles. The van der Waals surface area contributed by atoms with E-state index in [0.717, 1.165) is 15.9 Å². The summed E-state index contributed by atoms with van der Waals surface area (Å²) < 4.78 is 24.4. The molecule has 0 aliphatic rings. The molecular formula is C16H15N2O4S-. The molecule has 0 saturated carbocycles. The summed E-state index contributed by atoms with van der Waals surface area (Å²) in [5.41, 5.74) is 4.08. The number of aryl methyl sites for hydroxylation is 1. The van der Waals surface area contributed by atoms with Crippen molar-refractivity contribution in [2.75, 3.05) is 4.31 Å². The van der Waals surface area contributed by atoms with Crippen molar-refractivity contribution in [1.29, 1.82) is 0 Å². The van der Waals surface area contributed by atoms with Crippen LogP contribution in [-0.2, 0) is 16.1 Å². The second kappa shape index (κ2) is 7.68. The Kier molecular flexibility index (Phi) is 5.64. The van der Waals surface area contributed by atoms with Gasteiger partial charge in [-0.25, -0.2) is 5.48 Å². The van der Waals surface area contributed by atoms with Crippen LogP contribution < -0.4 is 9.79 Å². The molecule has 2 rings (SSSR count). The van der Waals surface area contributed by atoms with Gasteiger partial charge in [-0.15, -0.1) is 0 Å². The van der Waals surface area contributed by atoms with Gasteiger partial charge in [0, 0.05) is 6.08 Å². The Morgan fingerprint density at radius 1 is 1.22 bits per heavy atom. The SMILES string of the molecule is Cc1ccc(N(c2cccc(C=CC(=O)NO)c2)S(=O)[O-])cc1. The quantitative estimate of drug-likeness (QED) is 0.381. The summed E-state index contributed by atoms with van der Waals surface area (Å²) in [6, 6.07) is 13.7. The van der Waals surface area contributed by atoms with Crippen molar-refractivity contribution in [2.45, 2.75) is 6.92 Å². The van der Waals surface area contributed by atoms with Crippen LogP contribution in [0.5, 0.6) is 0 Å². The van der Waals surface area contributed by atoms with Crippen LogP contribution in [0.25, 0.3) is 6.08 Å². The Morgan fingerprint density at radius 2 is 1.91 bits per heavy atom. The number of nitrogens with zero attached hydrogens (tertiary/aromatic N) is 1. The molecule has 120 valence electrons. The highest BCUT2D eigenvalue weighted by Crippen LogP contribution is 2.28. The first-order valence-corrected chi connectivity index (χ1v) is 7.73. The summed E-state index contributed by atoms with van der Waals surface area (Å²) >= 11 is -2.49. The molecule has 0 aliphatic carbocycles. The number of hydroxylamine groups is 1. The van der Waals surface area contributed by atoms with Gasteiger partial charge < -0.3 is 4.55 Å². The van der Waals surface area contributed by atoms with Gasteiger partial charge in [0.1, 0.15) is 0 Å². The monoisotopic (exact) mass is 331 g/mol. The average Bonchev–Trinajstić information content (AvgIpc) is 2.55. The molecule has 0 aromatic heterocycles. The number of benzene rings is 2. The Balaban J connectivity index is 2.37. The molecule has 0 fully saturated rings. The van der Waals surface area contributed by atoms with E-state index < -0.39 is 17.2 Å². The van der Waals surface area contributed by atoms with Crippen LogP contribution in [0.15, 0.2) is 54.6 Å². The lowest BCUT2D eigenvalue weighted by Crippen LogP contribution is -2.19. The zero-order chi connectivity index (χ0) is 16.8. The summed E-state index contributed by atoms with van der Waals surface area (Å²) in [4.78, 5) is 11.0. The summed E-state index contributed by atoms with van der Waals surface area (Å²) in [7, 11) is 0. The first-order valence-electron chi connectivity index (χ1n) is 6.69. The van der Waals surface area contributed by atoms with Crippen LogP contribution in [0.3, 0.4) is 0 Å². The number of amides is 1.